The van der Waals surface area contributed by atoms with Gasteiger partial charge >= 0.3 is 0 Å². The van der Waals surface area contributed by atoms with Crippen LogP contribution in [0.3, 0.4) is 0 Å². The SMILES string of the molecule is COc1cc(C#Cc2ccc3ccccc3c2)cc(OC)c1OC. The fourth-order valence-electron chi connectivity index (χ4n) is 2.56. The standard InChI is InChI=1S/C21H18O3/c1-22-19-13-16(14-20(23-2)21(19)24-3)9-8-15-10-11-17-6-4-5-7-18(17)12-15/h4-7,10-14H,1-3H3. The lowest BCUT2D eigenvalue weighted by atomic mass is 10.1. The molecule has 3 rings (SSSR count). The molecule has 0 fully saturated rings. The molecule has 0 N–H and O–H groups in total. The molecule has 3 aromatic rings. The van der Waals surface area contributed by atoms with Crippen molar-refractivity contribution >= 4 is 10.8 Å². The van der Waals surface area contributed by atoms with Crippen molar-refractivity contribution in [1.29, 1.82) is 0 Å². The average molecular weight is 318 g/mol. The van der Waals surface area contributed by atoms with E-state index in [-0.39, 0.29) is 0 Å². The molecule has 0 radical (unpaired) electrons. The van der Waals surface area contributed by atoms with Gasteiger partial charge in [-0.2, -0.15) is 0 Å². The van der Waals surface area contributed by atoms with Crippen LogP contribution in [0.4, 0.5) is 0 Å². The van der Waals surface area contributed by atoms with Gasteiger partial charge in [0.05, 0.1) is 21.3 Å². The van der Waals surface area contributed by atoms with E-state index in [2.05, 4.69) is 36.1 Å². The summed E-state index contributed by atoms with van der Waals surface area (Å²) in [6.45, 7) is 0. The second-order valence-electron chi connectivity index (χ2n) is 5.23. The van der Waals surface area contributed by atoms with Crippen molar-refractivity contribution in [3.8, 4) is 29.1 Å². The summed E-state index contributed by atoms with van der Waals surface area (Å²) in [6, 6.07) is 18.1. The van der Waals surface area contributed by atoms with Gasteiger partial charge in [0.1, 0.15) is 0 Å². The van der Waals surface area contributed by atoms with Crippen LogP contribution in [-0.2, 0) is 0 Å². The molecule has 120 valence electrons. The van der Waals surface area contributed by atoms with Gasteiger partial charge in [0, 0.05) is 11.1 Å². The van der Waals surface area contributed by atoms with Gasteiger partial charge in [-0.3, -0.25) is 0 Å². The minimum absolute atomic E-state index is 0.566. The zero-order valence-corrected chi connectivity index (χ0v) is 13.9. The average Bonchev–Trinajstić information content (AvgIpc) is 2.65. The van der Waals surface area contributed by atoms with E-state index in [0.29, 0.717) is 17.2 Å². The summed E-state index contributed by atoms with van der Waals surface area (Å²) >= 11 is 0. The van der Waals surface area contributed by atoms with Crippen LogP contribution >= 0.6 is 0 Å². The molecule has 0 aliphatic rings. The maximum Gasteiger partial charge on any atom is 0.203 e. The second kappa shape index (κ2) is 6.97. The summed E-state index contributed by atoms with van der Waals surface area (Å²) in [7, 11) is 4.77. The van der Waals surface area contributed by atoms with Gasteiger partial charge in [0.25, 0.3) is 0 Å². The quantitative estimate of drug-likeness (QED) is 0.675. The van der Waals surface area contributed by atoms with Crippen molar-refractivity contribution in [2.24, 2.45) is 0 Å². The summed E-state index contributed by atoms with van der Waals surface area (Å²) in [4.78, 5) is 0. The Hall–Kier alpha value is -3.12. The number of ether oxygens (including phenoxy) is 3. The normalized spacial score (nSPS) is 9.96. The Balaban J connectivity index is 2.00. The summed E-state index contributed by atoms with van der Waals surface area (Å²) in [5.41, 5.74) is 1.76. The van der Waals surface area contributed by atoms with E-state index in [1.165, 1.54) is 10.8 Å². The van der Waals surface area contributed by atoms with Crippen molar-refractivity contribution in [3.05, 3.63) is 65.7 Å². The zero-order valence-electron chi connectivity index (χ0n) is 13.9. The van der Waals surface area contributed by atoms with E-state index >= 15 is 0 Å². The van der Waals surface area contributed by atoms with Crippen molar-refractivity contribution < 1.29 is 14.2 Å². The first-order valence-corrected chi connectivity index (χ1v) is 7.56. The highest BCUT2D eigenvalue weighted by atomic mass is 16.5. The van der Waals surface area contributed by atoms with Crippen molar-refractivity contribution in [1.82, 2.24) is 0 Å². The molecule has 3 aromatic carbocycles. The Morgan fingerprint density at radius 2 is 1.25 bits per heavy atom. The van der Waals surface area contributed by atoms with Crippen LogP contribution in [0.2, 0.25) is 0 Å². The molecule has 0 spiro atoms. The van der Waals surface area contributed by atoms with Crippen LogP contribution in [0.15, 0.2) is 54.6 Å². The van der Waals surface area contributed by atoms with Crippen LogP contribution in [0.1, 0.15) is 11.1 Å². The van der Waals surface area contributed by atoms with E-state index in [1.807, 2.05) is 30.3 Å². The first kappa shape index (κ1) is 15.8. The van der Waals surface area contributed by atoms with E-state index < -0.39 is 0 Å². The van der Waals surface area contributed by atoms with Gasteiger partial charge in [-0.25, -0.2) is 0 Å². The van der Waals surface area contributed by atoms with E-state index in [0.717, 1.165) is 11.1 Å². The topological polar surface area (TPSA) is 27.7 Å². The molecule has 0 saturated heterocycles. The van der Waals surface area contributed by atoms with Crippen LogP contribution < -0.4 is 14.2 Å². The molecule has 3 nitrogen and oxygen atoms in total. The predicted molar refractivity (Wildman–Crippen MR) is 96.0 cm³/mol. The lowest BCUT2D eigenvalue weighted by molar-refractivity contribution is 0.324. The number of hydrogen-bond donors (Lipinski definition) is 0. The summed E-state index contributed by atoms with van der Waals surface area (Å²) in [6.07, 6.45) is 0. The zero-order chi connectivity index (χ0) is 16.9. The molecule has 0 saturated carbocycles. The highest BCUT2D eigenvalue weighted by Gasteiger charge is 2.12. The fourth-order valence-corrected chi connectivity index (χ4v) is 2.56. The molecule has 24 heavy (non-hydrogen) atoms. The third kappa shape index (κ3) is 3.13. The largest absolute Gasteiger partial charge is 0.493 e. The number of hydrogen-bond acceptors (Lipinski definition) is 3. The van der Waals surface area contributed by atoms with Crippen LogP contribution in [0.25, 0.3) is 10.8 Å². The first-order chi connectivity index (χ1) is 11.7. The minimum Gasteiger partial charge on any atom is -0.493 e. The summed E-state index contributed by atoms with van der Waals surface area (Å²) in [5, 5.41) is 2.38. The van der Waals surface area contributed by atoms with E-state index in [1.54, 1.807) is 21.3 Å². The maximum atomic E-state index is 5.36. The van der Waals surface area contributed by atoms with Gasteiger partial charge in [-0.1, -0.05) is 42.2 Å². The minimum atomic E-state index is 0.566. The molecule has 0 bridgehead atoms. The van der Waals surface area contributed by atoms with E-state index in [9.17, 15) is 0 Å². The van der Waals surface area contributed by atoms with E-state index in [4.69, 9.17) is 14.2 Å². The van der Waals surface area contributed by atoms with Crippen LogP contribution in [0, 0.1) is 11.8 Å². The molecule has 0 atom stereocenters. The molecule has 0 unspecified atom stereocenters. The summed E-state index contributed by atoms with van der Waals surface area (Å²) in [5.74, 6) is 8.11. The molecule has 3 heteroatoms. The van der Waals surface area contributed by atoms with Crippen molar-refractivity contribution in [2.45, 2.75) is 0 Å². The smallest absolute Gasteiger partial charge is 0.203 e. The first-order valence-electron chi connectivity index (χ1n) is 7.56. The molecular formula is C21H18O3. The fraction of sp³-hybridized carbons (Fsp3) is 0.143. The Morgan fingerprint density at radius 3 is 1.88 bits per heavy atom. The molecule has 0 aliphatic carbocycles. The van der Waals surface area contributed by atoms with Crippen molar-refractivity contribution in [3.63, 3.8) is 0 Å². The Morgan fingerprint density at radius 1 is 0.625 bits per heavy atom. The third-order valence-corrected chi connectivity index (χ3v) is 3.77. The van der Waals surface area contributed by atoms with Crippen LogP contribution in [0.5, 0.6) is 17.2 Å². The van der Waals surface area contributed by atoms with Gasteiger partial charge < -0.3 is 14.2 Å². The molecule has 0 aromatic heterocycles. The third-order valence-electron chi connectivity index (χ3n) is 3.77. The molecule has 0 amide bonds. The van der Waals surface area contributed by atoms with Gasteiger partial charge in [0.2, 0.25) is 5.75 Å². The number of rotatable bonds is 3. The van der Waals surface area contributed by atoms with Crippen LogP contribution in [-0.4, -0.2) is 21.3 Å². The Kier molecular flexibility index (Phi) is 4.58. The van der Waals surface area contributed by atoms with Gasteiger partial charge in [0.15, 0.2) is 11.5 Å². The Labute approximate surface area is 141 Å². The lowest BCUT2D eigenvalue weighted by Crippen LogP contribution is -1.95. The van der Waals surface area contributed by atoms with Crippen molar-refractivity contribution in [2.75, 3.05) is 21.3 Å². The highest BCUT2D eigenvalue weighted by Crippen LogP contribution is 2.37. The molecule has 0 aliphatic heterocycles. The molecular weight excluding hydrogens is 300 g/mol. The molecule has 0 heterocycles. The van der Waals surface area contributed by atoms with Gasteiger partial charge in [-0.15, -0.1) is 0 Å². The summed E-state index contributed by atoms with van der Waals surface area (Å²) < 4.78 is 16.0. The lowest BCUT2D eigenvalue weighted by Gasteiger charge is -2.12. The number of fused-ring (bicyclic) bond motifs is 1. The number of benzene rings is 3. The second-order valence-corrected chi connectivity index (χ2v) is 5.23. The Bertz CT molecular complexity index is 907. The maximum absolute atomic E-state index is 5.36. The van der Waals surface area contributed by atoms with Gasteiger partial charge in [-0.05, 0) is 35.0 Å². The highest BCUT2D eigenvalue weighted by molar-refractivity contribution is 5.83. The monoisotopic (exact) mass is 318 g/mol. The predicted octanol–water partition coefficient (Wildman–Crippen LogP) is 4.27. The number of methoxy groups -OCH3 is 3.